The third-order valence-corrected chi connectivity index (χ3v) is 5.76. The smallest absolute Gasteiger partial charge is 0.340 e. The number of nitrogens with zero attached hydrogens (tertiary/aromatic N) is 2. The zero-order valence-corrected chi connectivity index (χ0v) is 16.9. The molecule has 0 aliphatic carbocycles. The number of aliphatic hydroxyl groups excluding tert-OH is 1. The minimum absolute atomic E-state index is 0.0261. The van der Waals surface area contributed by atoms with Crippen LogP contribution in [0.5, 0.6) is 0 Å². The van der Waals surface area contributed by atoms with E-state index in [1.165, 1.54) is 5.56 Å². The highest BCUT2D eigenvalue weighted by Crippen LogP contribution is 2.32. The predicted octanol–water partition coefficient (Wildman–Crippen LogP) is 3.81. The molecule has 1 aromatic heterocycles. The van der Waals surface area contributed by atoms with Gasteiger partial charge in [-0.2, -0.15) is 0 Å². The largest absolute Gasteiger partial charge is 0.462 e. The molecule has 29 heavy (non-hydrogen) atoms. The van der Waals surface area contributed by atoms with Crippen LogP contribution < -0.4 is 0 Å². The number of hydrogen-bond acceptors (Lipinski definition) is 5. The first-order chi connectivity index (χ1) is 14.1. The van der Waals surface area contributed by atoms with Crippen molar-refractivity contribution in [2.75, 3.05) is 19.8 Å². The van der Waals surface area contributed by atoms with Gasteiger partial charge in [0.05, 0.1) is 36.0 Å². The van der Waals surface area contributed by atoms with Gasteiger partial charge in [-0.1, -0.05) is 42.5 Å². The van der Waals surface area contributed by atoms with Crippen LogP contribution in [0.1, 0.15) is 45.7 Å². The number of ether oxygens (including phenoxy) is 1. The summed E-state index contributed by atoms with van der Waals surface area (Å²) < 4.78 is 5.35. The molecule has 0 fully saturated rings. The van der Waals surface area contributed by atoms with Crippen molar-refractivity contribution in [1.82, 2.24) is 9.88 Å². The maximum atomic E-state index is 12.8. The zero-order chi connectivity index (χ0) is 20.4. The topological polar surface area (TPSA) is 62.7 Å². The number of carbonyl (C=O) groups is 1. The number of aliphatic hydroxyl groups is 1. The molecule has 2 heterocycles. The van der Waals surface area contributed by atoms with Crippen LogP contribution in [-0.2, 0) is 17.7 Å². The number of fused-ring (bicyclic) bond motifs is 2. The van der Waals surface area contributed by atoms with Crippen molar-refractivity contribution in [2.24, 2.45) is 0 Å². The van der Waals surface area contributed by atoms with Gasteiger partial charge in [-0.15, -0.1) is 0 Å². The van der Waals surface area contributed by atoms with E-state index < -0.39 is 0 Å². The van der Waals surface area contributed by atoms with E-state index in [-0.39, 0.29) is 18.6 Å². The maximum Gasteiger partial charge on any atom is 0.340 e. The highest BCUT2D eigenvalue weighted by molar-refractivity contribution is 5.98. The Morgan fingerprint density at radius 2 is 1.97 bits per heavy atom. The second kappa shape index (κ2) is 8.31. The van der Waals surface area contributed by atoms with Crippen LogP contribution >= 0.6 is 0 Å². The molecule has 2 aromatic carbocycles. The normalized spacial score (nSPS) is 16.6. The summed E-state index contributed by atoms with van der Waals surface area (Å²) in [7, 11) is 0. The molecule has 1 aliphatic heterocycles. The molecule has 1 aliphatic rings. The van der Waals surface area contributed by atoms with Gasteiger partial charge in [0.2, 0.25) is 0 Å². The van der Waals surface area contributed by atoms with Gasteiger partial charge >= 0.3 is 5.97 Å². The summed E-state index contributed by atoms with van der Waals surface area (Å²) in [5.41, 5.74) is 5.43. The van der Waals surface area contributed by atoms with E-state index in [1.807, 2.05) is 50.2 Å². The van der Waals surface area contributed by atoms with Gasteiger partial charge in [-0.3, -0.25) is 9.88 Å². The summed E-state index contributed by atoms with van der Waals surface area (Å²) in [4.78, 5) is 19.8. The van der Waals surface area contributed by atoms with Crippen molar-refractivity contribution in [3.63, 3.8) is 0 Å². The highest BCUT2D eigenvalue weighted by Gasteiger charge is 2.29. The molecule has 1 atom stereocenters. The number of rotatable bonds is 5. The van der Waals surface area contributed by atoms with Gasteiger partial charge < -0.3 is 9.84 Å². The van der Waals surface area contributed by atoms with Crippen LogP contribution in [-0.4, -0.2) is 40.7 Å². The van der Waals surface area contributed by atoms with Gasteiger partial charge in [0.1, 0.15) is 0 Å². The van der Waals surface area contributed by atoms with Crippen LogP contribution in [0.15, 0.2) is 48.5 Å². The Morgan fingerprint density at radius 1 is 1.21 bits per heavy atom. The zero-order valence-electron chi connectivity index (χ0n) is 16.9. The molecular formula is C24H26N2O3. The van der Waals surface area contributed by atoms with E-state index in [0.717, 1.165) is 35.0 Å². The van der Waals surface area contributed by atoms with Crippen LogP contribution in [0.25, 0.3) is 10.9 Å². The van der Waals surface area contributed by atoms with Crippen LogP contribution in [0.3, 0.4) is 0 Å². The van der Waals surface area contributed by atoms with Crippen LogP contribution in [0.2, 0.25) is 0 Å². The Labute approximate surface area is 170 Å². The van der Waals surface area contributed by atoms with E-state index in [4.69, 9.17) is 9.72 Å². The fourth-order valence-corrected chi connectivity index (χ4v) is 4.33. The Morgan fingerprint density at radius 3 is 2.76 bits per heavy atom. The molecule has 4 rings (SSSR count). The lowest BCUT2D eigenvalue weighted by Gasteiger charge is -2.36. The first kappa shape index (κ1) is 19.6. The molecule has 0 bridgehead atoms. The highest BCUT2D eigenvalue weighted by atomic mass is 16.5. The summed E-state index contributed by atoms with van der Waals surface area (Å²) in [5, 5.41) is 11.1. The molecule has 3 aromatic rings. The van der Waals surface area contributed by atoms with E-state index in [2.05, 4.69) is 17.0 Å². The Balaban J connectivity index is 1.77. The molecule has 5 heteroatoms. The predicted molar refractivity (Wildman–Crippen MR) is 113 cm³/mol. The molecule has 1 N–H and O–H groups in total. The monoisotopic (exact) mass is 390 g/mol. The molecule has 0 saturated carbocycles. The van der Waals surface area contributed by atoms with Gasteiger partial charge in [0.25, 0.3) is 0 Å². The summed E-state index contributed by atoms with van der Waals surface area (Å²) in [5.74, 6) is -0.337. The van der Waals surface area contributed by atoms with Gasteiger partial charge in [0, 0.05) is 18.5 Å². The van der Waals surface area contributed by atoms with E-state index in [0.29, 0.717) is 24.4 Å². The summed E-state index contributed by atoms with van der Waals surface area (Å²) in [6.45, 7) is 5.40. The third-order valence-electron chi connectivity index (χ3n) is 5.76. The number of esters is 1. The summed E-state index contributed by atoms with van der Waals surface area (Å²) in [6, 6.07) is 16.0. The average Bonchev–Trinajstić information content (AvgIpc) is 2.74. The molecule has 0 unspecified atom stereocenters. The second-order valence-corrected chi connectivity index (χ2v) is 7.41. The lowest BCUT2D eigenvalue weighted by Crippen LogP contribution is -2.37. The minimum atomic E-state index is -0.337. The first-order valence-corrected chi connectivity index (χ1v) is 10.1. The number of para-hydroxylation sites is 1. The number of pyridine rings is 1. The number of aryl methyl sites for hydroxylation is 1. The molecule has 0 amide bonds. The van der Waals surface area contributed by atoms with Gasteiger partial charge in [0.15, 0.2) is 0 Å². The average molecular weight is 390 g/mol. The lowest BCUT2D eigenvalue weighted by atomic mass is 9.92. The molecule has 0 saturated heterocycles. The molecule has 0 spiro atoms. The second-order valence-electron chi connectivity index (χ2n) is 7.41. The molecule has 150 valence electrons. The summed E-state index contributed by atoms with van der Waals surface area (Å²) in [6.07, 6.45) is 0.911. The third kappa shape index (κ3) is 3.63. The lowest BCUT2D eigenvalue weighted by molar-refractivity contribution is 0.0520. The summed E-state index contributed by atoms with van der Waals surface area (Å²) >= 11 is 0. The molecule has 0 radical (unpaired) electrons. The van der Waals surface area contributed by atoms with Gasteiger partial charge in [-0.25, -0.2) is 4.79 Å². The van der Waals surface area contributed by atoms with Crippen molar-refractivity contribution in [3.8, 4) is 0 Å². The SMILES string of the molecule is CCOC(=O)c1c(CN2CCc3ccccc3[C@H]2CO)nc2ccccc2c1C. The quantitative estimate of drug-likeness (QED) is 0.671. The standard InChI is InChI=1S/C24H26N2O3/c1-3-29-24(28)23-16(2)18-9-6-7-11-20(18)25-21(23)14-26-13-12-17-8-4-5-10-19(17)22(26)15-27/h4-11,22,27H,3,12-15H2,1-2H3/t22-/m1/s1. The maximum absolute atomic E-state index is 12.8. The minimum Gasteiger partial charge on any atom is -0.462 e. The molecule has 5 nitrogen and oxygen atoms in total. The molecular weight excluding hydrogens is 364 g/mol. The van der Waals surface area contributed by atoms with Crippen LogP contribution in [0, 0.1) is 6.92 Å². The van der Waals surface area contributed by atoms with Crippen molar-refractivity contribution >= 4 is 16.9 Å². The number of hydrogen-bond donors (Lipinski definition) is 1. The van der Waals surface area contributed by atoms with E-state index in [1.54, 1.807) is 0 Å². The van der Waals surface area contributed by atoms with Gasteiger partial charge in [-0.05, 0) is 43.0 Å². The van der Waals surface area contributed by atoms with Crippen molar-refractivity contribution in [2.45, 2.75) is 32.9 Å². The Hall–Kier alpha value is -2.76. The number of carbonyl (C=O) groups excluding carboxylic acids is 1. The van der Waals surface area contributed by atoms with E-state index in [9.17, 15) is 9.90 Å². The van der Waals surface area contributed by atoms with Crippen LogP contribution in [0.4, 0.5) is 0 Å². The first-order valence-electron chi connectivity index (χ1n) is 10.1. The number of benzene rings is 2. The van der Waals surface area contributed by atoms with Crippen molar-refractivity contribution in [3.05, 3.63) is 76.5 Å². The Kier molecular flexibility index (Phi) is 5.60. The van der Waals surface area contributed by atoms with Crippen molar-refractivity contribution in [1.29, 1.82) is 0 Å². The number of aromatic nitrogens is 1. The van der Waals surface area contributed by atoms with Crippen molar-refractivity contribution < 1.29 is 14.6 Å². The van der Waals surface area contributed by atoms with E-state index >= 15 is 0 Å². The fourth-order valence-electron chi connectivity index (χ4n) is 4.33. The Bertz CT molecular complexity index is 1050. The fraction of sp³-hybridized carbons (Fsp3) is 0.333.